The zero-order chi connectivity index (χ0) is 33.0. The lowest BCUT2D eigenvalue weighted by atomic mass is 9.96. The second-order valence-corrected chi connectivity index (χ2v) is 14.0. The number of hydrogen-bond acceptors (Lipinski definition) is 2. The third-order valence-corrected chi connectivity index (χ3v) is 11.1. The van der Waals surface area contributed by atoms with Gasteiger partial charge in [0.05, 0.1) is 5.69 Å². The molecule has 2 heteroatoms. The summed E-state index contributed by atoms with van der Waals surface area (Å²) in [4.78, 5) is 2.43. The second kappa shape index (κ2) is 11.7. The van der Waals surface area contributed by atoms with Gasteiger partial charge in [-0.05, 0) is 97.7 Å². The molecule has 0 aliphatic carbocycles. The molecule has 1 aromatic heterocycles. The number of hydrogen-bond donors (Lipinski definition) is 0. The van der Waals surface area contributed by atoms with Crippen LogP contribution in [0.1, 0.15) is 0 Å². The van der Waals surface area contributed by atoms with Crippen molar-refractivity contribution in [2.75, 3.05) is 4.90 Å². The topological polar surface area (TPSA) is 3.24 Å². The summed E-state index contributed by atoms with van der Waals surface area (Å²) < 4.78 is 2.67. The van der Waals surface area contributed by atoms with Crippen LogP contribution >= 0.6 is 11.3 Å². The van der Waals surface area contributed by atoms with E-state index < -0.39 is 0 Å². The smallest absolute Gasteiger partial charge is 0.0546 e. The van der Waals surface area contributed by atoms with Crippen molar-refractivity contribution in [3.05, 3.63) is 188 Å². The van der Waals surface area contributed by atoms with Crippen LogP contribution in [0.15, 0.2) is 188 Å². The van der Waals surface area contributed by atoms with Gasteiger partial charge in [-0.2, -0.15) is 0 Å². The van der Waals surface area contributed by atoms with Crippen LogP contribution < -0.4 is 4.90 Å². The molecule has 1 nitrogen and oxygen atoms in total. The summed E-state index contributed by atoms with van der Waals surface area (Å²) in [7, 11) is 0. The molecule has 0 saturated carbocycles. The zero-order valence-electron chi connectivity index (χ0n) is 27.3. The molecule has 0 amide bonds. The van der Waals surface area contributed by atoms with E-state index in [0.717, 1.165) is 17.1 Å². The number of rotatable bonds is 5. The quantitative estimate of drug-likeness (QED) is 0.167. The van der Waals surface area contributed by atoms with Gasteiger partial charge < -0.3 is 4.90 Å². The van der Waals surface area contributed by atoms with Gasteiger partial charge in [-0.15, -0.1) is 11.3 Å². The monoisotopic (exact) mass is 653 g/mol. The molecule has 0 atom stereocenters. The summed E-state index contributed by atoms with van der Waals surface area (Å²) in [5, 5.41) is 10.2. The second-order valence-electron chi connectivity index (χ2n) is 12.9. The predicted molar refractivity (Wildman–Crippen MR) is 217 cm³/mol. The lowest BCUT2D eigenvalue weighted by Gasteiger charge is -2.28. The van der Waals surface area contributed by atoms with Gasteiger partial charge in [0.1, 0.15) is 0 Å². The van der Waals surface area contributed by atoms with Crippen LogP contribution in [0.25, 0.3) is 74.7 Å². The molecular formula is C48H31NS. The van der Waals surface area contributed by atoms with Crippen LogP contribution in [-0.4, -0.2) is 0 Å². The average Bonchev–Trinajstić information content (AvgIpc) is 3.55. The molecule has 0 fully saturated rings. The fourth-order valence-corrected chi connectivity index (χ4v) is 8.78. The van der Waals surface area contributed by atoms with Crippen LogP contribution in [0.5, 0.6) is 0 Å². The number of fused-ring (bicyclic) bond motifs is 7. The Kier molecular flexibility index (Phi) is 6.75. The molecule has 9 aromatic carbocycles. The third kappa shape index (κ3) is 4.76. The minimum atomic E-state index is 1.12. The van der Waals surface area contributed by atoms with E-state index in [-0.39, 0.29) is 0 Å². The number of thiophene rings is 1. The first-order chi connectivity index (χ1) is 24.8. The van der Waals surface area contributed by atoms with Gasteiger partial charge in [-0.25, -0.2) is 0 Å². The fourth-order valence-electron chi connectivity index (χ4n) is 7.64. The molecule has 10 aromatic rings. The van der Waals surface area contributed by atoms with Crippen molar-refractivity contribution in [3.63, 3.8) is 0 Å². The molecule has 1 heterocycles. The van der Waals surface area contributed by atoms with Crippen molar-refractivity contribution < 1.29 is 0 Å². The maximum atomic E-state index is 2.43. The highest BCUT2D eigenvalue weighted by Gasteiger charge is 2.18. The normalized spacial score (nSPS) is 11.6. The molecule has 0 unspecified atom stereocenters. The highest BCUT2D eigenvalue weighted by Crippen LogP contribution is 2.44. The summed E-state index contributed by atoms with van der Waals surface area (Å²) >= 11 is 1.87. The first kappa shape index (κ1) is 28.8. The molecule has 0 saturated heterocycles. The van der Waals surface area contributed by atoms with Gasteiger partial charge in [-0.1, -0.05) is 140 Å². The van der Waals surface area contributed by atoms with Crippen molar-refractivity contribution in [2.45, 2.75) is 0 Å². The number of benzene rings is 9. The Bertz CT molecular complexity index is 2870. The lowest BCUT2D eigenvalue weighted by molar-refractivity contribution is 1.30. The maximum absolute atomic E-state index is 2.43. The lowest BCUT2D eigenvalue weighted by Crippen LogP contribution is -2.10. The Morgan fingerprint density at radius 3 is 1.84 bits per heavy atom. The van der Waals surface area contributed by atoms with Crippen LogP contribution in [0.2, 0.25) is 0 Å². The highest BCUT2D eigenvalue weighted by atomic mass is 32.1. The van der Waals surface area contributed by atoms with Gasteiger partial charge >= 0.3 is 0 Å². The van der Waals surface area contributed by atoms with E-state index in [0.29, 0.717) is 0 Å². The van der Waals surface area contributed by atoms with E-state index in [1.54, 1.807) is 0 Å². The summed E-state index contributed by atoms with van der Waals surface area (Å²) in [5.41, 5.74) is 8.25. The largest absolute Gasteiger partial charge is 0.310 e. The minimum Gasteiger partial charge on any atom is -0.310 e. The van der Waals surface area contributed by atoms with Gasteiger partial charge in [0.25, 0.3) is 0 Å². The van der Waals surface area contributed by atoms with E-state index in [9.17, 15) is 0 Å². The molecule has 50 heavy (non-hydrogen) atoms. The van der Waals surface area contributed by atoms with Crippen LogP contribution in [0.4, 0.5) is 17.1 Å². The Balaban J connectivity index is 1.16. The van der Waals surface area contributed by atoms with Crippen LogP contribution in [0.3, 0.4) is 0 Å². The average molecular weight is 654 g/mol. The molecule has 10 rings (SSSR count). The van der Waals surface area contributed by atoms with E-state index in [4.69, 9.17) is 0 Å². The fraction of sp³-hybridized carbons (Fsp3) is 0. The van der Waals surface area contributed by atoms with E-state index in [2.05, 4.69) is 193 Å². The SMILES string of the molecule is c1ccc(-c2cccc(N(c3ccc(-c4cccc5cc6sc7ccccc7c6cc45)cc3)c3cc4ccccc4c4ccccc34)c2)cc1. The predicted octanol–water partition coefficient (Wildman–Crippen LogP) is 14.3. The summed E-state index contributed by atoms with van der Waals surface area (Å²) in [6.07, 6.45) is 0. The summed E-state index contributed by atoms with van der Waals surface area (Å²) in [5.74, 6) is 0. The molecule has 234 valence electrons. The van der Waals surface area contributed by atoms with Crippen molar-refractivity contribution in [2.24, 2.45) is 0 Å². The molecular weight excluding hydrogens is 623 g/mol. The van der Waals surface area contributed by atoms with Crippen molar-refractivity contribution >= 4 is 80.9 Å². The van der Waals surface area contributed by atoms with Gasteiger partial charge in [0.2, 0.25) is 0 Å². The molecule has 0 aliphatic rings. The number of anilines is 3. The standard InChI is InChI=1S/C48H31NS/c1-2-12-32(13-3-1)34-15-10-17-38(28-34)49(46-29-35-14-4-5-18-40(35)41-19-6-7-20-42(41)46)37-26-24-33(25-27-37)39-22-11-16-36-30-48-45(31-44(36)39)43-21-8-9-23-47(43)50-48/h1-31H. The van der Waals surface area contributed by atoms with E-state index in [1.807, 2.05) is 11.3 Å². The Morgan fingerprint density at radius 1 is 0.320 bits per heavy atom. The summed E-state index contributed by atoms with van der Waals surface area (Å²) in [6, 6.07) is 68.8. The molecule has 0 bridgehead atoms. The van der Waals surface area contributed by atoms with Crippen LogP contribution in [0, 0.1) is 0 Å². The highest BCUT2D eigenvalue weighted by molar-refractivity contribution is 7.25. The molecule has 0 N–H and O–H groups in total. The van der Waals surface area contributed by atoms with E-state index >= 15 is 0 Å². The Morgan fingerprint density at radius 2 is 0.980 bits per heavy atom. The first-order valence-electron chi connectivity index (χ1n) is 17.1. The van der Waals surface area contributed by atoms with Crippen molar-refractivity contribution in [3.8, 4) is 22.3 Å². The molecule has 0 aliphatic heterocycles. The van der Waals surface area contributed by atoms with Crippen molar-refractivity contribution in [1.29, 1.82) is 0 Å². The Hall–Kier alpha value is -6.22. The van der Waals surface area contributed by atoms with E-state index in [1.165, 1.54) is 74.7 Å². The van der Waals surface area contributed by atoms with Gasteiger partial charge in [0, 0.05) is 36.9 Å². The zero-order valence-corrected chi connectivity index (χ0v) is 28.1. The molecule has 0 spiro atoms. The minimum absolute atomic E-state index is 1.12. The van der Waals surface area contributed by atoms with Crippen molar-refractivity contribution in [1.82, 2.24) is 0 Å². The molecule has 0 radical (unpaired) electrons. The Labute approximate surface area is 294 Å². The van der Waals surface area contributed by atoms with Crippen LogP contribution in [-0.2, 0) is 0 Å². The number of nitrogens with zero attached hydrogens (tertiary/aromatic N) is 1. The summed E-state index contributed by atoms with van der Waals surface area (Å²) in [6.45, 7) is 0. The maximum Gasteiger partial charge on any atom is 0.0546 e. The van der Waals surface area contributed by atoms with Gasteiger partial charge in [0.15, 0.2) is 0 Å². The van der Waals surface area contributed by atoms with Gasteiger partial charge in [-0.3, -0.25) is 0 Å². The third-order valence-electron chi connectivity index (χ3n) is 10.0. The first-order valence-corrected chi connectivity index (χ1v) is 17.9.